The normalized spacial score (nSPS) is 12.5. The molecule has 130 valence electrons. The molecule has 0 spiro atoms. The van der Waals surface area contributed by atoms with Gasteiger partial charge in [0.15, 0.2) is 5.82 Å². The van der Waals surface area contributed by atoms with Gasteiger partial charge in [-0.2, -0.15) is 4.98 Å². The Bertz CT molecular complexity index is 786. The fraction of sp³-hybridized carbons (Fsp3) is 0.300. The van der Waals surface area contributed by atoms with Gasteiger partial charge in [0.1, 0.15) is 5.82 Å². The monoisotopic (exact) mass is 339 g/mol. The predicted molar refractivity (Wildman–Crippen MR) is 94.4 cm³/mol. The van der Waals surface area contributed by atoms with Crippen molar-refractivity contribution in [3.63, 3.8) is 0 Å². The van der Waals surface area contributed by atoms with E-state index in [0.29, 0.717) is 12.4 Å². The molecule has 0 bridgehead atoms. The molecular weight excluding hydrogens is 317 g/mol. The molecule has 0 aliphatic carbocycles. The molecule has 0 saturated heterocycles. The molecule has 5 heteroatoms. The second kappa shape index (κ2) is 8.03. The summed E-state index contributed by atoms with van der Waals surface area (Å²) in [4.78, 5) is 6.58. The lowest BCUT2D eigenvalue weighted by molar-refractivity contribution is 0.229. The van der Waals surface area contributed by atoms with Crippen LogP contribution in [0.2, 0.25) is 0 Å². The first kappa shape index (κ1) is 17.3. The van der Waals surface area contributed by atoms with Crippen molar-refractivity contribution >= 4 is 0 Å². The fourth-order valence-electron chi connectivity index (χ4n) is 2.97. The smallest absolute Gasteiger partial charge is 0.240 e. The standard InChI is InChI=1S/C20H22FN3O/c1-3-7-18-22-19(25-23-18)14-24(2)20(15-8-5-4-6-9-15)16-10-12-17(21)13-11-16/h4-6,8-13,20H,3,7,14H2,1-2H3. The molecule has 1 heterocycles. The van der Waals surface area contributed by atoms with Crippen LogP contribution in [0.5, 0.6) is 0 Å². The first-order valence-corrected chi connectivity index (χ1v) is 8.49. The van der Waals surface area contributed by atoms with Gasteiger partial charge in [-0.25, -0.2) is 4.39 Å². The summed E-state index contributed by atoms with van der Waals surface area (Å²) < 4.78 is 18.7. The zero-order valence-electron chi connectivity index (χ0n) is 14.5. The first-order chi connectivity index (χ1) is 12.2. The van der Waals surface area contributed by atoms with E-state index < -0.39 is 0 Å². The molecule has 0 N–H and O–H groups in total. The number of hydrogen-bond donors (Lipinski definition) is 0. The number of hydrogen-bond acceptors (Lipinski definition) is 4. The molecule has 0 aliphatic rings. The van der Waals surface area contributed by atoms with Crippen molar-refractivity contribution in [2.75, 3.05) is 7.05 Å². The summed E-state index contributed by atoms with van der Waals surface area (Å²) in [6, 6.07) is 16.7. The molecule has 1 atom stereocenters. The van der Waals surface area contributed by atoms with Gasteiger partial charge in [-0.3, -0.25) is 4.90 Å². The van der Waals surface area contributed by atoms with Gasteiger partial charge in [-0.1, -0.05) is 54.5 Å². The number of benzene rings is 2. The Balaban J connectivity index is 1.86. The van der Waals surface area contributed by atoms with Crippen molar-refractivity contribution < 1.29 is 8.91 Å². The number of aromatic nitrogens is 2. The summed E-state index contributed by atoms with van der Waals surface area (Å²) in [6.45, 7) is 2.61. The van der Waals surface area contributed by atoms with Gasteiger partial charge in [0.05, 0.1) is 12.6 Å². The molecule has 1 aromatic heterocycles. The average molecular weight is 339 g/mol. The highest BCUT2D eigenvalue weighted by molar-refractivity contribution is 5.32. The maximum Gasteiger partial charge on any atom is 0.240 e. The van der Waals surface area contributed by atoms with Gasteiger partial charge < -0.3 is 4.52 Å². The molecular formula is C20H22FN3O. The second-order valence-corrected chi connectivity index (χ2v) is 6.13. The van der Waals surface area contributed by atoms with Crippen molar-refractivity contribution in [1.82, 2.24) is 15.0 Å². The average Bonchev–Trinajstić information content (AvgIpc) is 3.05. The van der Waals surface area contributed by atoms with E-state index in [2.05, 4.69) is 34.1 Å². The van der Waals surface area contributed by atoms with Crippen LogP contribution in [0.1, 0.15) is 42.2 Å². The predicted octanol–water partition coefficient (Wildman–Crippen LogP) is 4.38. The zero-order valence-corrected chi connectivity index (χ0v) is 14.5. The summed E-state index contributed by atoms with van der Waals surface area (Å²) in [5.74, 6) is 1.09. The summed E-state index contributed by atoms with van der Waals surface area (Å²) in [5.41, 5.74) is 2.15. The lowest BCUT2D eigenvalue weighted by atomic mass is 9.97. The SMILES string of the molecule is CCCc1noc(CN(C)C(c2ccccc2)c2ccc(F)cc2)n1. The Labute approximate surface area is 147 Å². The van der Waals surface area contributed by atoms with E-state index in [1.165, 1.54) is 12.1 Å². The summed E-state index contributed by atoms with van der Waals surface area (Å²) >= 11 is 0. The second-order valence-electron chi connectivity index (χ2n) is 6.13. The van der Waals surface area contributed by atoms with E-state index in [4.69, 9.17) is 4.52 Å². The Hall–Kier alpha value is -2.53. The molecule has 1 unspecified atom stereocenters. The molecule has 0 amide bonds. The Morgan fingerprint density at radius 1 is 1.04 bits per heavy atom. The van der Waals surface area contributed by atoms with Crippen molar-refractivity contribution in [2.24, 2.45) is 0 Å². The van der Waals surface area contributed by atoms with Crippen LogP contribution in [0.3, 0.4) is 0 Å². The number of rotatable bonds is 7. The summed E-state index contributed by atoms with van der Waals surface area (Å²) in [7, 11) is 2.00. The van der Waals surface area contributed by atoms with Crippen molar-refractivity contribution in [3.8, 4) is 0 Å². The minimum absolute atomic E-state index is 0.0247. The van der Waals surface area contributed by atoms with Gasteiger partial charge in [-0.15, -0.1) is 0 Å². The minimum Gasteiger partial charge on any atom is -0.338 e. The number of aryl methyl sites for hydroxylation is 1. The lowest BCUT2D eigenvalue weighted by Gasteiger charge is -2.27. The summed E-state index contributed by atoms with van der Waals surface area (Å²) in [5, 5.41) is 4.01. The van der Waals surface area contributed by atoms with E-state index >= 15 is 0 Å². The van der Waals surface area contributed by atoms with Crippen LogP contribution >= 0.6 is 0 Å². The lowest BCUT2D eigenvalue weighted by Crippen LogP contribution is -2.25. The topological polar surface area (TPSA) is 42.2 Å². The van der Waals surface area contributed by atoms with Crippen LogP contribution in [0, 0.1) is 5.82 Å². The molecule has 3 aromatic rings. The summed E-state index contributed by atoms with van der Waals surface area (Å²) in [6.07, 6.45) is 1.80. The van der Waals surface area contributed by atoms with Crippen molar-refractivity contribution in [2.45, 2.75) is 32.4 Å². The highest BCUT2D eigenvalue weighted by Crippen LogP contribution is 2.28. The third kappa shape index (κ3) is 4.31. The molecule has 0 aliphatic heterocycles. The van der Waals surface area contributed by atoms with E-state index in [-0.39, 0.29) is 11.9 Å². The van der Waals surface area contributed by atoms with Crippen LogP contribution < -0.4 is 0 Å². The quantitative estimate of drug-likeness (QED) is 0.640. The highest BCUT2D eigenvalue weighted by atomic mass is 19.1. The van der Waals surface area contributed by atoms with Gasteiger partial charge in [0, 0.05) is 6.42 Å². The van der Waals surface area contributed by atoms with Crippen LogP contribution in [0.25, 0.3) is 0 Å². The molecule has 0 radical (unpaired) electrons. The van der Waals surface area contributed by atoms with E-state index in [1.54, 1.807) is 0 Å². The first-order valence-electron chi connectivity index (χ1n) is 8.49. The van der Waals surface area contributed by atoms with Crippen LogP contribution in [-0.4, -0.2) is 22.1 Å². The molecule has 3 rings (SSSR count). The fourth-order valence-corrected chi connectivity index (χ4v) is 2.97. The van der Waals surface area contributed by atoms with E-state index in [0.717, 1.165) is 29.8 Å². The van der Waals surface area contributed by atoms with Crippen molar-refractivity contribution in [3.05, 3.63) is 83.3 Å². The van der Waals surface area contributed by atoms with Gasteiger partial charge in [0.2, 0.25) is 5.89 Å². The third-order valence-electron chi connectivity index (χ3n) is 4.11. The molecule has 0 saturated carbocycles. The Morgan fingerprint density at radius 3 is 2.40 bits per heavy atom. The maximum absolute atomic E-state index is 13.3. The molecule has 25 heavy (non-hydrogen) atoms. The van der Waals surface area contributed by atoms with Gasteiger partial charge in [-0.05, 0) is 36.7 Å². The number of nitrogens with zero attached hydrogens (tertiary/aromatic N) is 3. The van der Waals surface area contributed by atoms with Crippen LogP contribution in [0.4, 0.5) is 4.39 Å². The van der Waals surface area contributed by atoms with E-state index in [9.17, 15) is 4.39 Å². The Morgan fingerprint density at radius 2 is 1.72 bits per heavy atom. The minimum atomic E-state index is -0.237. The van der Waals surface area contributed by atoms with Gasteiger partial charge in [0.25, 0.3) is 0 Å². The van der Waals surface area contributed by atoms with Crippen LogP contribution in [0.15, 0.2) is 59.1 Å². The van der Waals surface area contributed by atoms with Crippen molar-refractivity contribution in [1.29, 1.82) is 0 Å². The molecule has 2 aromatic carbocycles. The van der Waals surface area contributed by atoms with E-state index in [1.807, 2.05) is 37.4 Å². The highest BCUT2D eigenvalue weighted by Gasteiger charge is 2.21. The number of halogens is 1. The largest absolute Gasteiger partial charge is 0.338 e. The van der Waals surface area contributed by atoms with Crippen LogP contribution in [-0.2, 0) is 13.0 Å². The molecule has 4 nitrogen and oxygen atoms in total. The third-order valence-corrected chi connectivity index (χ3v) is 4.11. The zero-order chi connectivity index (χ0) is 17.6. The Kier molecular flexibility index (Phi) is 5.56. The molecule has 0 fully saturated rings. The van der Waals surface area contributed by atoms with Gasteiger partial charge >= 0.3 is 0 Å². The maximum atomic E-state index is 13.3.